The molecule has 0 aromatic heterocycles. The van der Waals surface area contributed by atoms with Crippen molar-refractivity contribution < 1.29 is 19.7 Å². The van der Waals surface area contributed by atoms with E-state index in [0.29, 0.717) is 5.75 Å². The molecule has 1 aromatic carbocycles. The van der Waals surface area contributed by atoms with E-state index in [1.54, 1.807) is 12.1 Å². The van der Waals surface area contributed by atoms with Crippen LogP contribution in [0.3, 0.4) is 0 Å². The summed E-state index contributed by atoms with van der Waals surface area (Å²) in [7, 11) is 0. The fraction of sp³-hybridized carbons (Fsp3) is 0.625. The number of hydrogen-bond donors (Lipinski definition) is 2. The maximum absolute atomic E-state index is 9.18. The Balaban J connectivity index is 2.18. The Kier molecular flexibility index (Phi) is 8.83. The van der Waals surface area contributed by atoms with E-state index in [2.05, 4.69) is 6.92 Å². The molecule has 0 fully saturated rings. The zero-order valence-corrected chi connectivity index (χ0v) is 12.3. The van der Waals surface area contributed by atoms with Gasteiger partial charge in [0.1, 0.15) is 24.2 Å². The van der Waals surface area contributed by atoms with Gasteiger partial charge in [0.15, 0.2) is 0 Å². The smallest absolute Gasteiger partial charge is 0.119 e. The van der Waals surface area contributed by atoms with Gasteiger partial charge in [-0.2, -0.15) is 0 Å². The molecule has 20 heavy (non-hydrogen) atoms. The molecule has 1 rings (SSSR count). The van der Waals surface area contributed by atoms with Crippen molar-refractivity contribution in [1.82, 2.24) is 0 Å². The Labute approximate surface area is 121 Å². The molecule has 114 valence electrons. The highest BCUT2D eigenvalue weighted by Crippen LogP contribution is 2.18. The van der Waals surface area contributed by atoms with Gasteiger partial charge in [0, 0.05) is 0 Å². The highest BCUT2D eigenvalue weighted by molar-refractivity contribution is 5.31. The number of rotatable bonds is 11. The van der Waals surface area contributed by atoms with Crippen molar-refractivity contribution in [3.63, 3.8) is 0 Å². The summed E-state index contributed by atoms with van der Waals surface area (Å²) in [5.74, 6) is 1.49. The maximum Gasteiger partial charge on any atom is 0.119 e. The van der Waals surface area contributed by atoms with E-state index in [1.165, 1.54) is 25.7 Å². The number of aliphatic hydroxyl groups excluding tert-OH is 2. The van der Waals surface area contributed by atoms with Gasteiger partial charge in [0.2, 0.25) is 0 Å². The van der Waals surface area contributed by atoms with Crippen molar-refractivity contribution in [3.8, 4) is 11.5 Å². The summed E-state index contributed by atoms with van der Waals surface area (Å²) in [4.78, 5) is 0. The molecule has 4 heteroatoms. The molecule has 0 unspecified atom stereocenters. The van der Waals surface area contributed by atoms with Crippen molar-refractivity contribution >= 4 is 0 Å². The topological polar surface area (TPSA) is 58.9 Å². The molecule has 0 spiro atoms. The van der Waals surface area contributed by atoms with Crippen LogP contribution in [0.5, 0.6) is 11.5 Å². The van der Waals surface area contributed by atoms with Gasteiger partial charge in [-0.05, 0) is 30.7 Å². The monoisotopic (exact) mass is 282 g/mol. The van der Waals surface area contributed by atoms with Crippen LogP contribution in [0.1, 0.15) is 39.0 Å². The van der Waals surface area contributed by atoms with Crippen molar-refractivity contribution in [1.29, 1.82) is 0 Å². The lowest BCUT2D eigenvalue weighted by molar-refractivity contribution is 0.0536. The van der Waals surface area contributed by atoms with Gasteiger partial charge in [-0.25, -0.2) is 0 Å². The van der Waals surface area contributed by atoms with E-state index in [0.717, 1.165) is 18.8 Å². The first kappa shape index (κ1) is 16.8. The van der Waals surface area contributed by atoms with Crippen LogP contribution in [0.4, 0.5) is 0 Å². The summed E-state index contributed by atoms with van der Waals surface area (Å²) in [6.45, 7) is 2.75. The van der Waals surface area contributed by atoms with Crippen LogP contribution >= 0.6 is 0 Å². The number of ether oxygens (including phenoxy) is 2. The Morgan fingerprint density at radius 3 is 2.15 bits per heavy atom. The van der Waals surface area contributed by atoms with Crippen LogP contribution in [-0.4, -0.2) is 36.1 Å². The van der Waals surface area contributed by atoms with Gasteiger partial charge >= 0.3 is 0 Å². The molecule has 0 saturated heterocycles. The molecule has 0 bridgehead atoms. The molecule has 0 aliphatic carbocycles. The summed E-state index contributed by atoms with van der Waals surface area (Å²) in [6.07, 6.45) is 5.29. The van der Waals surface area contributed by atoms with Crippen LogP contribution in [0, 0.1) is 0 Å². The van der Waals surface area contributed by atoms with Gasteiger partial charge in [0.25, 0.3) is 0 Å². The zero-order valence-electron chi connectivity index (χ0n) is 12.3. The third-order valence-corrected chi connectivity index (χ3v) is 2.99. The fourth-order valence-electron chi connectivity index (χ4n) is 1.77. The van der Waals surface area contributed by atoms with Crippen LogP contribution < -0.4 is 9.47 Å². The third-order valence-electron chi connectivity index (χ3n) is 2.99. The average Bonchev–Trinajstić information content (AvgIpc) is 2.49. The van der Waals surface area contributed by atoms with Crippen LogP contribution in [0.2, 0.25) is 0 Å². The minimum atomic E-state index is -0.839. The van der Waals surface area contributed by atoms with Crippen molar-refractivity contribution in [2.24, 2.45) is 0 Å². The minimum Gasteiger partial charge on any atom is -0.494 e. The molecule has 0 saturated carbocycles. The van der Waals surface area contributed by atoms with Crippen molar-refractivity contribution in [2.75, 3.05) is 19.8 Å². The molecule has 1 atom stereocenters. The largest absolute Gasteiger partial charge is 0.494 e. The Hall–Kier alpha value is -1.26. The molecule has 2 N–H and O–H groups in total. The second-order valence-corrected chi connectivity index (χ2v) is 4.88. The predicted octanol–water partition coefficient (Wildman–Crippen LogP) is 2.77. The van der Waals surface area contributed by atoms with Gasteiger partial charge < -0.3 is 19.7 Å². The van der Waals surface area contributed by atoms with Crippen molar-refractivity contribution in [2.45, 2.75) is 45.1 Å². The summed E-state index contributed by atoms with van der Waals surface area (Å²) in [6, 6.07) is 7.31. The van der Waals surface area contributed by atoms with E-state index in [4.69, 9.17) is 14.6 Å². The standard InChI is InChI=1S/C16H26O4/c1-2-3-4-5-6-11-19-15-7-9-16(10-8-15)20-13-14(18)12-17/h7-10,14,17-18H,2-6,11-13H2,1H3/t14-/m0/s1. The summed E-state index contributed by atoms with van der Waals surface area (Å²) in [5, 5.41) is 17.9. The van der Waals surface area contributed by atoms with Crippen molar-refractivity contribution in [3.05, 3.63) is 24.3 Å². The SMILES string of the molecule is CCCCCCCOc1ccc(OC[C@@H](O)CO)cc1. The van der Waals surface area contributed by atoms with E-state index >= 15 is 0 Å². The normalized spacial score (nSPS) is 12.2. The quantitative estimate of drug-likeness (QED) is 0.613. The number of unbranched alkanes of at least 4 members (excludes halogenated alkanes) is 4. The first-order chi connectivity index (χ1) is 9.76. The van der Waals surface area contributed by atoms with E-state index in [9.17, 15) is 5.11 Å². The molecular weight excluding hydrogens is 256 g/mol. The van der Waals surface area contributed by atoms with Gasteiger partial charge in [-0.15, -0.1) is 0 Å². The lowest BCUT2D eigenvalue weighted by atomic mass is 10.2. The lowest BCUT2D eigenvalue weighted by Gasteiger charge is -2.10. The fourth-order valence-corrected chi connectivity index (χ4v) is 1.77. The molecular formula is C16H26O4. The van der Waals surface area contributed by atoms with Gasteiger partial charge in [-0.1, -0.05) is 32.6 Å². The van der Waals surface area contributed by atoms with E-state index in [-0.39, 0.29) is 13.2 Å². The number of aliphatic hydroxyl groups is 2. The number of benzene rings is 1. The first-order valence-electron chi connectivity index (χ1n) is 7.40. The predicted molar refractivity (Wildman–Crippen MR) is 79.3 cm³/mol. The molecule has 0 aliphatic rings. The van der Waals surface area contributed by atoms with Crippen LogP contribution in [0.25, 0.3) is 0 Å². The Bertz CT molecular complexity index is 337. The second-order valence-electron chi connectivity index (χ2n) is 4.88. The van der Waals surface area contributed by atoms with Gasteiger partial charge in [-0.3, -0.25) is 0 Å². The Morgan fingerprint density at radius 2 is 1.55 bits per heavy atom. The maximum atomic E-state index is 9.18. The average molecular weight is 282 g/mol. The zero-order chi connectivity index (χ0) is 14.6. The van der Waals surface area contributed by atoms with Crippen LogP contribution in [0.15, 0.2) is 24.3 Å². The number of hydrogen-bond acceptors (Lipinski definition) is 4. The summed E-state index contributed by atoms with van der Waals surface area (Å²) >= 11 is 0. The molecule has 0 amide bonds. The van der Waals surface area contributed by atoms with Crippen LogP contribution in [-0.2, 0) is 0 Å². The molecule has 0 heterocycles. The third kappa shape index (κ3) is 7.36. The second kappa shape index (κ2) is 10.5. The van der Waals surface area contributed by atoms with E-state index in [1.807, 2.05) is 12.1 Å². The minimum absolute atomic E-state index is 0.0914. The Morgan fingerprint density at radius 1 is 0.950 bits per heavy atom. The molecule has 4 nitrogen and oxygen atoms in total. The lowest BCUT2D eigenvalue weighted by Crippen LogP contribution is -2.21. The van der Waals surface area contributed by atoms with Gasteiger partial charge in [0.05, 0.1) is 13.2 Å². The highest BCUT2D eigenvalue weighted by atomic mass is 16.5. The first-order valence-corrected chi connectivity index (χ1v) is 7.40. The summed E-state index contributed by atoms with van der Waals surface area (Å²) in [5.41, 5.74) is 0. The molecule has 1 aromatic rings. The summed E-state index contributed by atoms with van der Waals surface area (Å²) < 4.78 is 11.0. The van der Waals surface area contributed by atoms with E-state index < -0.39 is 6.10 Å². The molecule has 0 aliphatic heterocycles. The highest BCUT2D eigenvalue weighted by Gasteiger charge is 2.03. The molecule has 0 radical (unpaired) electrons.